The fraction of sp³-hybridized carbons (Fsp3) is 0.611. The predicted octanol–water partition coefficient (Wildman–Crippen LogP) is 4.25. The van der Waals surface area contributed by atoms with Gasteiger partial charge < -0.3 is 4.90 Å². The second kappa shape index (κ2) is 6.39. The van der Waals surface area contributed by atoms with Gasteiger partial charge in [-0.3, -0.25) is 10.1 Å². The zero-order valence-corrected chi connectivity index (χ0v) is 13.8. The number of nitrogens with one attached hydrogen (secondary N) is 1. The van der Waals surface area contributed by atoms with E-state index >= 15 is 0 Å². The third-order valence-corrected chi connectivity index (χ3v) is 5.10. The molecule has 1 aliphatic heterocycles. The quantitative estimate of drug-likeness (QED) is 0.892. The predicted molar refractivity (Wildman–Crippen MR) is 85.1 cm³/mol. The molecule has 1 aliphatic carbocycles. The lowest BCUT2D eigenvalue weighted by atomic mass is 9.81. The molecule has 3 nitrogen and oxygen atoms in total. The van der Waals surface area contributed by atoms with Gasteiger partial charge in [-0.25, -0.2) is 0 Å². The maximum atomic E-state index is 13.0. The molecule has 1 saturated heterocycles. The van der Waals surface area contributed by atoms with E-state index in [0.717, 1.165) is 50.7 Å². The van der Waals surface area contributed by atoms with Gasteiger partial charge in [-0.2, -0.15) is 13.2 Å². The van der Waals surface area contributed by atoms with Crippen LogP contribution >= 0.6 is 0 Å². The van der Waals surface area contributed by atoms with Crippen LogP contribution in [0.2, 0.25) is 0 Å². The summed E-state index contributed by atoms with van der Waals surface area (Å²) >= 11 is 0. The Balaban J connectivity index is 1.95. The first-order valence-corrected chi connectivity index (χ1v) is 8.63. The Morgan fingerprint density at radius 3 is 2.58 bits per heavy atom. The fourth-order valence-corrected chi connectivity index (χ4v) is 3.93. The van der Waals surface area contributed by atoms with Crippen molar-refractivity contribution in [3.8, 4) is 0 Å². The van der Waals surface area contributed by atoms with E-state index in [1.54, 1.807) is 11.0 Å². The van der Waals surface area contributed by atoms with Crippen molar-refractivity contribution in [2.45, 2.75) is 63.3 Å². The van der Waals surface area contributed by atoms with Crippen LogP contribution in [0.25, 0.3) is 0 Å². The Morgan fingerprint density at radius 1 is 1.25 bits per heavy atom. The molecule has 1 spiro atoms. The van der Waals surface area contributed by atoms with E-state index in [1.165, 1.54) is 6.07 Å². The molecular formula is C18H23F3N2O. The summed E-state index contributed by atoms with van der Waals surface area (Å²) in [5.41, 5.74) is -0.754. The van der Waals surface area contributed by atoms with Crippen molar-refractivity contribution < 1.29 is 18.0 Å². The van der Waals surface area contributed by atoms with Crippen LogP contribution in [0.5, 0.6) is 0 Å². The number of rotatable bonds is 3. The fourth-order valence-electron chi connectivity index (χ4n) is 3.93. The number of nitrogens with zero attached hydrogens (tertiary/aromatic N) is 1. The molecule has 0 radical (unpaired) electrons. The second-order valence-electron chi connectivity index (χ2n) is 6.81. The van der Waals surface area contributed by atoms with Crippen LogP contribution in [-0.2, 0) is 11.0 Å². The molecule has 3 rings (SSSR count). The minimum absolute atomic E-state index is 0.0476. The molecular weight excluding hydrogens is 317 g/mol. The van der Waals surface area contributed by atoms with Crippen LogP contribution < -0.4 is 5.32 Å². The number of carbonyl (C=O) groups is 1. The molecule has 2 aliphatic rings. The van der Waals surface area contributed by atoms with Crippen LogP contribution in [0.3, 0.4) is 0 Å². The third kappa shape index (κ3) is 3.04. The van der Waals surface area contributed by atoms with E-state index in [-0.39, 0.29) is 5.91 Å². The van der Waals surface area contributed by atoms with Crippen molar-refractivity contribution in [2.75, 3.05) is 6.54 Å². The first kappa shape index (κ1) is 17.3. The molecule has 132 valence electrons. The van der Waals surface area contributed by atoms with Gasteiger partial charge in [0.15, 0.2) is 0 Å². The van der Waals surface area contributed by atoms with E-state index in [2.05, 4.69) is 5.32 Å². The minimum atomic E-state index is -4.38. The Hall–Kier alpha value is -1.56. The van der Waals surface area contributed by atoms with Gasteiger partial charge >= 0.3 is 6.18 Å². The maximum absolute atomic E-state index is 13.0. The maximum Gasteiger partial charge on any atom is 0.416 e. The van der Waals surface area contributed by atoms with Crippen molar-refractivity contribution >= 4 is 5.91 Å². The molecule has 0 unspecified atom stereocenters. The number of hydrogen-bond donors (Lipinski definition) is 1. The highest BCUT2D eigenvalue weighted by Crippen LogP contribution is 2.40. The molecule has 1 heterocycles. The Morgan fingerprint density at radius 2 is 1.96 bits per heavy atom. The Labute approximate surface area is 140 Å². The molecule has 6 heteroatoms. The summed E-state index contributed by atoms with van der Waals surface area (Å²) in [6, 6.07) is 5.32. The molecule has 2 fully saturated rings. The van der Waals surface area contributed by atoms with Gasteiger partial charge in [0.1, 0.15) is 6.17 Å². The van der Waals surface area contributed by atoms with Crippen molar-refractivity contribution in [1.29, 1.82) is 0 Å². The molecule has 1 amide bonds. The highest BCUT2D eigenvalue weighted by atomic mass is 19.4. The first-order chi connectivity index (χ1) is 11.4. The highest BCUT2D eigenvalue weighted by Gasteiger charge is 2.51. The standard InChI is InChI=1S/C18H23F3N2O/c1-2-11-23-15(13-7-6-8-14(12-13)18(19,20)21)22-17(16(23)24)9-4-3-5-10-17/h6-8,12,15,22H,2-5,9-11H2,1H3/t15-/m0/s1. The van der Waals surface area contributed by atoms with E-state index in [4.69, 9.17) is 0 Å². The molecule has 1 saturated carbocycles. The number of amides is 1. The smallest absolute Gasteiger partial charge is 0.321 e. The van der Waals surface area contributed by atoms with Crippen molar-refractivity contribution in [2.24, 2.45) is 0 Å². The summed E-state index contributed by atoms with van der Waals surface area (Å²) in [5.74, 6) is 0.0476. The van der Waals surface area contributed by atoms with Gasteiger partial charge in [0.2, 0.25) is 5.91 Å². The molecule has 1 N–H and O–H groups in total. The number of halogens is 3. The van der Waals surface area contributed by atoms with Gasteiger partial charge in [0, 0.05) is 6.54 Å². The summed E-state index contributed by atoms with van der Waals surface area (Å²) < 4.78 is 39.1. The summed E-state index contributed by atoms with van der Waals surface area (Å²) in [4.78, 5) is 14.7. The van der Waals surface area contributed by atoms with Crippen molar-refractivity contribution in [3.63, 3.8) is 0 Å². The summed E-state index contributed by atoms with van der Waals surface area (Å²) in [6.45, 7) is 2.52. The Kier molecular flexibility index (Phi) is 4.60. The normalized spacial score (nSPS) is 23.9. The van der Waals surface area contributed by atoms with E-state index in [9.17, 15) is 18.0 Å². The monoisotopic (exact) mass is 340 g/mol. The summed E-state index contributed by atoms with van der Waals surface area (Å²) in [5, 5.41) is 3.39. The van der Waals surface area contributed by atoms with E-state index in [0.29, 0.717) is 12.1 Å². The first-order valence-electron chi connectivity index (χ1n) is 8.63. The van der Waals surface area contributed by atoms with Gasteiger partial charge in [-0.1, -0.05) is 38.3 Å². The molecule has 1 aromatic carbocycles. The minimum Gasteiger partial charge on any atom is -0.321 e. The molecule has 1 atom stereocenters. The zero-order valence-electron chi connectivity index (χ0n) is 13.8. The van der Waals surface area contributed by atoms with Gasteiger partial charge in [0.25, 0.3) is 0 Å². The lowest BCUT2D eigenvalue weighted by Crippen LogP contribution is -2.48. The number of benzene rings is 1. The van der Waals surface area contributed by atoms with Gasteiger partial charge in [-0.05, 0) is 37.0 Å². The van der Waals surface area contributed by atoms with Crippen LogP contribution in [-0.4, -0.2) is 22.9 Å². The molecule has 0 aromatic heterocycles. The Bertz CT molecular complexity index is 609. The largest absolute Gasteiger partial charge is 0.416 e. The lowest BCUT2D eigenvalue weighted by molar-refractivity contribution is -0.137. The average Bonchev–Trinajstić information content (AvgIpc) is 2.81. The van der Waals surface area contributed by atoms with Crippen LogP contribution in [0, 0.1) is 0 Å². The molecule has 1 aromatic rings. The number of alkyl halides is 3. The van der Waals surface area contributed by atoms with Crippen molar-refractivity contribution in [1.82, 2.24) is 10.2 Å². The van der Waals surface area contributed by atoms with E-state index < -0.39 is 23.4 Å². The zero-order chi connectivity index (χ0) is 17.4. The topological polar surface area (TPSA) is 32.3 Å². The molecule has 24 heavy (non-hydrogen) atoms. The number of hydrogen-bond acceptors (Lipinski definition) is 2. The van der Waals surface area contributed by atoms with Crippen LogP contribution in [0.15, 0.2) is 24.3 Å². The van der Waals surface area contributed by atoms with Crippen LogP contribution in [0.4, 0.5) is 13.2 Å². The van der Waals surface area contributed by atoms with Crippen molar-refractivity contribution in [3.05, 3.63) is 35.4 Å². The molecule has 0 bridgehead atoms. The summed E-state index contributed by atoms with van der Waals surface area (Å²) in [7, 11) is 0. The van der Waals surface area contributed by atoms with Gasteiger partial charge in [0.05, 0.1) is 11.1 Å². The van der Waals surface area contributed by atoms with E-state index in [1.807, 2.05) is 6.92 Å². The average molecular weight is 340 g/mol. The third-order valence-electron chi connectivity index (χ3n) is 5.10. The summed E-state index contributed by atoms with van der Waals surface area (Å²) in [6.07, 6.45) is 0.525. The van der Waals surface area contributed by atoms with Gasteiger partial charge in [-0.15, -0.1) is 0 Å². The number of carbonyl (C=O) groups excluding carboxylic acids is 1. The SMILES string of the molecule is CCCN1C(=O)C2(CCCCC2)N[C@@H]1c1cccc(C(F)(F)F)c1. The van der Waals surface area contributed by atoms with Crippen LogP contribution in [0.1, 0.15) is 62.7 Å². The second-order valence-corrected chi connectivity index (χ2v) is 6.81. The highest BCUT2D eigenvalue weighted by molar-refractivity contribution is 5.89. The lowest BCUT2D eigenvalue weighted by Gasteiger charge is -2.31.